The van der Waals surface area contributed by atoms with Crippen LogP contribution in [0, 0.1) is 6.92 Å². The van der Waals surface area contributed by atoms with E-state index in [1.54, 1.807) is 6.07 Å². The van der Waals surface area contributed by atoms with E-state index in [0.29, 0.717) is 12.2 Å². The molecule has 5 heteroatoms. The Morgan fingerprint density at radius 2 is 1.88 bits per heavy atom. The van der Waals surface area contributed by atoms with Crippen molar-refractivity contribution in [2.45, 2.75) is 20.0 Å². The third kappa shape index (κ3) is 4.40. The summed E-state index contributed by atoms with van der Waals surface area (Å²) < 4.78 is 5.40. The Labute approximate surface area is 142 Å². The molecule has 126 valence electrons. The zero-order valence-electron chi connectivity index (χ0n) is 14.0. The van der Waals surface area contributed by atoms with Crippen LogP contribution in [-0.4, -0.2) is 42.1 Å². The Kier molecular flexibility index (Phi) is 5.56. The second-order valence-electron chi connectivity index (χ2n) is 6.00. The largest absolute Gasteiger partial charge is 0.379 e. The second-order valence-corrected chi connectivity index (χ2v) is 6.00. The number of pyridine rings is 1. The van der Waals surface area contributed by atoms with Gasteiger partial charge in [0.1, 0.15) is 5.69 Å². The number of hydrogen-bond donors (Lipinski definition) is 1. The van der Waals surface area contributed by atoms with Crippen LogP contribution >= 0.6 is 0 Å². The number of nitrogens with zero attached hydrogens (tertiary/aromatic N) is 2. The van der Waals surface area contributed by atoms with Crippen molar-refractivity contribution < 1.29 is 9.53 Å². The maximum Gasteiger partial charge on any atom is 0.270 e. The van der Waals surface area contributed by atoms with Crippen LogP contribution in [0.15, 0.2) is 42.5 Å². The summed E-state index contributed by atoms with van der Waals surface area (Å²) in [7, 11) is 0. The van der Waals surface area contributed by atoms with E-state index >= 15 is 0 Å². The van der Waals surface area contributed by atoms with Crippen molar-refractivity contribution >= 4 is 5.91 Å². The van der Waals surface area contributed by atoms with Crippen molar-refractivity contribution in [2.24, 2.45) is 0 Å². The van der Waals surface area contributed by atoms with Crippen LogP contribution in [0.3, 0.4) is 0 Å². The first-order chi connectivity index (χ1) is 11.7. The quantitative estimate of drug-likeness (QED) is 0.915. The number of benzene rings is 1. The number of amides is 1. The molecule has 5 nitrogen and oxygen atoms in total. The molecular weight excluding hydrogens is 302 g/mol. The standard InChI is InChI=1S/C19H23N3O2/c1-15-5-4-8-18(21-15)19(23)20-13-16-6-2-3-7-17(16)14-22-9-11-24-12-10-22/h2-8H,9-14H2,1H3,(H,20,23). The number of carbonyl (C=O) groups excluding carboxylic acids is 1. The van der Waals surface area contributed by atoms with Gasteiger partial charge < -0.3 is 10.1 Å². The van der Waals surface area contributed by atoms with Gasteiger partial charge in [-0.25, -0.2) is 4.98 Å². The van der Waals surface area contributed by atoms with Crippen LogP contribution in [0.5, 0.6) is 0 Å². The van der Waals surface area contributed by atoms with Crippen molar-refractivity contribution in [1.82, 2.24) is 15.2 Å². The average molecular weight is 325 g/mol. The van der Waals surface area contributed by atoms with Crippen molar-refractivity contribution in [3.8, 4) is 0 Å². The molecule has 0 bridgehead atoms. The summed E-state index contributed by atoms with van der Waals surface area (Å²) in [5.74, 6) is -0.139. The summed E-state index contributed by atoms with van der Waals surface area (Å²) >= 11 is 0. The SMILES string of the molecule is Cc1cccc(C(=O)NCc2ccccc2CN2CCOCC2)n1. The van der Waals surface area contributed by atoms with Crippen LogP contribution in [-0.2, 0) is 17.8 Å². The highest BCUT2D eigenvalue weighted by Crippen LogP contribution is 2.13. The lowest BCUT2D eigenvalue weighted by atomic mass is 10.1. The number of aromatic nitrogens is 1. The summed E-state index contributed by atoms with van der Waals surface area (Å²) in [5.41, 5.74) is 3.69. The highest BCUT2D eigenvalue weighted by molar-refractivity contribution is 5.92. The predicted molar refractivity (Wildman–Crippen MR) is 92.7 cm³/mol. The van der Waals surface area contributed by atoms with E-state index in [4.69, 9.17) is 4.74 Å². The van der Waals surface area contributed by atoms with E-state index in [-0.39, 0.29) is 5.91 Å². The van der Waals surface area contributed by atoms with Gasteiger partial charge in [0.25, 0.3) is 5.91 Å². The number of hydrogen-bond acceptors (Lipinski definition) is 4. The van der Waals surface area contributed by atoms with Gasteiger partial charge in [-0.2, -0.15) is 0 Å². The van der Waals surface area contributed by atoms with Gasteiger partial charge in [0.2, 0.25) is 0 Å². The molecule has 1 aromatic heterocycles. The molecule has 1 saturated heterocycles. The maximum absolute atomic E-state index is 12.3. The first-order valence-corrected chi connectivity index (χ1v) is 8.31. The van der Waals surface area contributed by atoms with Gasteiger partial charge >= 0.3 is 0 Å². The third-order valence-electron chi connectivity index (χ3n) is 4.18. The summed E-state index contributed by atoms with van der Waals surface area (Å²) in [5, 5.41) is 2.98. The Balaban J connectivity index is 1.63. The molecule has 1 aliphatic rings. The molecule has 0 unspecified atom stereocenters. The third-order valence-corrected chi connectivity index (χ3v) is 4.18. The van der Waals surface area contributed by atoms with E-state index in [1.807, 2.05) is 31.2 Å². The molecule has 1 aliphatic heterocycles. The minimum atomic E-state index is -0.139. The van der Waals surface area contributed by atoms with E-state index in [0.717, 1.165) is 44.1 Å². The minimum Gasteiger partial charge on any atom is -0.379 e. The lowest BCUT2D eigenvalue weighted by Gasteiger charge is -2.27. The predicted octanol–water partition coefficient (Wildman–Crippen LogP) is 2.15. The number of rotatable bonds is 5. The summed E-state index contributed by atoms with van der Waals surface area (Å²) in [6, 6.07) is 13.7. The van der Waals surface area contributed by atoms with E-state index in [1.165, 1.54) is 5.56 Å². The monoisotopic (exact) mass is 325 g/mol. The summed E-state index contributed by atoms with van der Waals surface area (Å²) in [6.07, 6.45) is 0. The lowest BCUT2D eigenvalue weighted by Crippen LogP contribution is -2.36. The van der Waals surface area contributed by atoms with Crippen molar-refractivity contribution in [1.29, 1.82) is 0 Å². The molecule has 1 amide bonds. The molecule has 2 heterocycles. The Morgan fingerprint density at radius 1 is 1.12 bits per heavy atom. The van der Waals surface area contributed by atoms with Crippen molar-refractivity contribution in [3.05, 3.63) is 65.0 Å². The van der Waals surface area contributed by atoms with Gasteiger partial charge in [0.15, 0.2) is 0 Å². The van der Waals surface area contributed by atoms with Crippen molar-refractivity contribution in [2.75, 3.05) is 26.3 Å². The topological polar surface area (TPSA) is 54.5 Å². The second kappa shape index (κ2) is 8.04. The highest BCUT2D eigenvalue weighted by Gasteiger charge is 2.13. The number of morpholine rings is 1. The van der Waals surface area contributed by atoms with Gasteiger partial charge in [0.05, 0.1) is 13.2 Å². The number of nitrogens with one attached hydrogen (secondary N) is 1. The maximum atomic E-state index is 12.3. The molecule has 1 fully saturated rings. The number of carbonyl (C=O) groups is 1. The number of aryl methyl sites for hydroxylation is 1. The summed E-state index contributed by atoms with van der Waals surface area (Å²) in [4.78, 5) is 18.9. The first-order valence-electron chi connectivity index (χ1n) is 8.31. The molecule has 0 aliphatic carbocycles. The van der Waals surface area contributed by atoms with Gasteiger partial charge in [0, 0.05) is 31.9 Å². The van der Waals surface area contributed by atoms with Gasteiger partial charge in [-0.15, -0.1) is 0 Å². The highest BCUT2D eigenvalue weighted by atomic mass is 16.5. The molecule has 0 spiro atoms. The fourth-order valence-electron chi connectivity index (χ4n) is 2.82. The molecule has 0 radical (unpaired) electrons. The fraction of sp³-hybridized carbons (Fsp3) is 0.368. The Morgan fingerprint density at radius 3 is 2.62 bits per heavy atom. The van der Waals surface area contributed by atoms with Crippen LogP contribution in [0.1, 0.15) is 27.3 Å². The van der Waals surface area contributed by atoms with Gasteiger partial charge in [-0.1, -0.05) is 30.3 Å². The normalized spacial score (nSPS) is 15.2. The van der Waals surface area contributed by atoms with E-state index in [2.05, 4.69) is 27.3 Å². The molecule has 0 saturated carbocycles. The first kappa shape index (κ1) is 16.6. The number of ether oxygens (including phenoxy) is 1. The van der Waals surface area contributed by atoms with Gasteiger partial charge in [-0.05, 0) is 30.2 Å². The smallest absolute Gasteiger partial charge is 0.270 e. The summed E-state index contributed by atoms with van der Waals surface area (Å²) in [6.45, 7) is 6.76. The van der Waals surface area contributed by atoms with E-state index < -0.39 is 0 Å². The molecule has 3 rings (SSSR count). The molecule has 24 heavy (non-hydrogen) atoms. The van der Waals surface area contributed by atoms with Crippen LogP contribution in [0.4, 0.5) is 0 Å². The fourth-order valence-corrected chi connectivity index (χ4v) is 2.82. The molecule has 2 aromatic rings. The van der Waals surface area contributed by atoms with Crippen molar-refractivity contribution in [3.63, 3.8) is 0 Å². The van der Waals surface area contributed by atoms with Crippen LogP contribution < -0.4 is 5.32 Å². The average Bonchev–Trinajstić information content (AvgIpc) is 2.61. The van der Waals surface area contributed by atoms with Gasteiger partial charge in [-0.3, -0.25) is 9.69 Å². The zero-order valence-corrected chi connectivity index (χ0v) is 14.0. The molecular formula is C19H23N3O2. The minimum absolute atomic E-state index is 0.139. The lowest BCUT2D eigenvalue weighted by molar-refractivity contribution is 0.0340. The Bertz CT molecular complexity index is 697. The molecule has 1 N–H and O–H groups in total. The Hall–Kier alpha value is -2.24. The zero-order chi connectivity index (χ0) is 16.8. The van der Waals surface area contributed by atoms with E-state index in [9.17, 15) is 4.79 Å². The molecule has 1 aromatic carbocycles. The van der Waals surface area contributed by atoms with Crippen LogP contribution in [0.25, 0.3) is 0 Å². The molecule has 0 atom stereocenters. The van der Waals surface area contributed by atoms with Crippen LogP contribution in [0.2, 0.25) is 0 Å².